The van der Waals surface area contributed by atoms with E-state index in [1.165, 1.54) is 7.11 Å². The number of nitrogens with one attached hydrogen (secondary N) is 1. The summed E-state index contributed by atoms with van der Waals surface area (Å²) in [6.07, 6.45) is 0.785. The van der Waals surface area contributed by atoms with Crippen LogP contribution in [0.15, 0.2) is 0 Å². The molecule has 4 heteroatoms. The zero-order chi connectivity index (χ0) is 14.6. The lowest BCUT2D eigenvalue weighted by Gasteiger charge is -2.34. The Morgan fingerprint density at radius 3 is 2.37 bits per heavy atom. The van der Waals surface area contributed by atoms with Gasteiger partial charge in [0.05, 0.1) is 7.11 Å². The van der Waals surface area contributed by atoms with E-state index in [4.69, 9.17) is 4.74 Å². The van der Waals surface area contributed by atoms with E-state index in [0.717, 1.165) is 37.9 Å². The molecular weight excluding hydrogens is 240 g/mol. The second-order valence-electron chi connectivity index (χ2n) is 6.32. The lowest BCUT2D eigenvalue weighted by Crippen LogP contribution is -2.53. The predicted molar refractivity (Wildman–Crippen MR) is 78.1 cm³/mol. The topological polar surface area (TPSA) is 41.6 Å². The van der Waals surface area contributed by atoms with Crippen LogP contribution in [0.1, 0.15) is 41.0 Å². The van der Waals surface area contributed by atoms with Crippen molar-refractivity contribution in [1.29, 1.82) is 0 Å². The van der Waals surface area contributed by atoms with Gasteiger partial charge in [-0.3, -0.25) is 4.79 Å². The van der Waals surface area contributed by atoms with Gasteiger partial charge in [-0.2, -0.15) is 0 Å². The van der Waals surface area contributed by atoms with Gasteiger partial charge in [0.1, 0.15) is 5.54 Å². The number of likely N-dealkylation sites (N-methyl/N-ethyl adjacent to an activating group) is 1. The van der Waals surface area contributed by atoms with Gasteiger partial charge in [-0.1, -0.05) is 20.8 Å². The SMILES string of the molecule is CCNC(C)(CC(C)N1CC(C)C(C)C1)C(=O)OC. The summed E-state index contributed by atoms with van der Waals surface area (Å²) >= 11 is 0. The molecule has 1 aliphatic heterocycles. The molecule has 1 rings (SSSR count). The largest absolute Gasteiger partial charge is 0.468 e. The first-order valence-corrected chi connectivity index (χ1v) is 7.41. The van der Waals surface area contributed by atoms with Crippen molar-refractivity contribution in [3.8, 4) is 0 Å². The molecule has 0 aromatic rings. The molecule has 1 fully saturated rings. The summed E-state index contributed by atoms with van der Waals surface area (Å²) < 4.78 is 4.95. The Balaban J connectivity index is 2.66. The standard InChI is InChI=1S/C15H30N2O2/c1-7-16-15(5,14(18)19-6)8-13(4)17-9-11(2)12(3)10-17/h11-13,16H,7-10H2,1-6H3. The Labute approximate surface area is 117 Å². The van der Waals surface area contributed by atoms with Crippen LogP contribution in [0.3, 0.4) is 0 Å². The molecule has 112 valence electrons. The molecule has 19 heavy (non-hydrogen) atoms. The fourth-order valence-corrected chi connectivity index (χ4v) is 3.10. The molecular formula is C15H30N2O2. The van der Waals surface area contributed by atoms with Crippen molar-refractivity contribution in [2.75, 3.05) is 26.7 Å². The van der Waals surface area contributed by atoms with Gasteiger partial charge in [0, 0.05) is 19.1 Å². The molecule has 1 saturated heterocycles. The molecule has 4 unspecified atom stereocenters. The smallest absolute Gasteiger partial charge is 0.325 e. The predicted octanol–water partition coefficient (Wildman–Crippen LogP) is 1.89. The van der Waals surface area contributed by atoms with Crippen LogP contribution in [0, 0.1) is 11.8 Å². The van der Waals surface area contributed by atoms with Crippen LogP contribution in [0.4, 0.5) is 0 Å². The van der Waals surface area contributed by atoms with Gasteiger partial charge in [0.15, 0.2) is 0 Å². The summed E-state index contributed by atoms with van der Waals surface area (Å²) in [4.78, 5) is 14.5. The number of rotatable bonds is 6. The molecule has 1 N–H and O–H groups in total. The third-order valence-corrected chi connectivity index (χ3v) is 4.55. The van der Waals surface area contributed by atoms with E-state index < -0.39 is 5.54 Å². The molecule has 0 aromatic heterocycles. The summed E-state index contributed by atoms with van der Waals surface area (Å²) in [7, 11) is 1.46. The number of methoxy groups -OCH3 is 1. The molecule has 0 saturated carbocycles. The molecule has 0 amide bonds. The minimum absolute atomic E-state index is 0.165. The highest BCUT2D eigenvalue weighted by molar-refractivity contribution is 5.80. The van der Waals surface area contributed by atoms with Crippen molar-refractivity contribution in [2.45, 2.75) is 52.6 Å². The molecule has 0 aliphatic carbocycles. The molecule has 0 bridgehead atoms. The van der Waals surface area contributed by atoms with Crippen molar-refractivity contribution >= 4 is 5.97 Å². The first-order valence-electron chi connectivity index (χ1n) is 7.41. The van der Waals surface area contributed by atoms with Crippen molar-refractivity contribution in [1.82, 2.24) is 10.2 Å². The lowest BCUT2D eigenvalue weighted by molar-refractivity contribution is -0.148. The monoisotopic (exact) mass is 270 g/mol. The number of nitrogens with zero attached hydrogens (tertiary/aromatic N) is 1. The maximum atomic E-state index is 12.0. The average molecular weight is 270 g/mol. The van der Waals surface area contributed by atoms with E-state index >= 15 is 0 Å². The van der Waals surface area contributed by atoms with E-state index in [-0.39, 0.29) is 5.97 Å². The number of hydrogen-bond acceptors (Lipinski definition) is 4. The van der Waals surface area contributed by atoms with E-state index in [2.05, 4.69) is 31.0 Å². The Morgan fingerprint density at radius 1 is 1.42 bits per heavy atom. The number of hydrogen-bond donors (Lipinski definition) is 1. The zero-order valence-corrected chi connectivity index (χ0v) is 13.3. The molecule has 4 atom stereocenters. The van der Waals surface area contributed by atoms with E-state index in [9.17, 15) is 4.79 Å². The van der Waals surface area contributed by atoms with Gasteiger partial charge in [0.25, 0.3) is 0 Å². The molecule has 1 aliphatic rings. The molecule has 0 aromatic carbocycles. The number of carbonyl (C=O) groups is 1. The number of ether oxygens (including phenoxy) is 1. The van der Waals surface area contributed by atoms with Gasteiger partial charge in [-0.15, -0.1) is 0 Å². The number of carbonyl (C=O) groups excluding carboxylic acids is 1. The number of likely N-dealkylation sites (tertiary alicyclic amines) is 1. The van der Waals surface area contributed by atoms with Crippen LogP contribution >= 0.6 is 0 Å². The van der Waals surface area contributed by atoms with E-state index in [1.807, 2.05) is 13.8 Å². The molecule has 4 nitrogen and oxygen atoms in total. The Morgan fingerprint density at radius 2 is 1.95 bits per heavy atom. The highest BCUT2D eigenvalue weighted by atomic mass is 16.5. The lowest BCUT2D eigenvalue weighted by atomic mass is 9.93. The normalized spacial score (nSPS) is 28.9. The Bertz CT molecular complexity index is 299. The van der Waals surface area contributed by atoms with Crippen LogP contribution < -0.4 is 5.32 Å². The third kappa shape index (κ3) is 3.93. The van der Waals surface area contributed by atoms with E-state index in [0.29, 0.717) is 6.04 Å². The molecule has 0 spiro atoms. The summed E-state index contributed by atoms with van der Waals surface area (Å²) in [5.41, 5.74) is -0.585. The average Bonchev–Trinajstić information content (AvgIpc) is 2.69. The summed E-state index contributed by atoms with van der Waals surface area (Å²) in [5, 5.41) is 3.29. The van der Waals surface area contributed by atoms with Crippen LogP contribution in [-0.4, -0.2) is 49.2 Å². The van der Waals surface area contributed by atoms with Gasteiger partial charge in [-0.25, -0.2) is 0 Å². The van der Waals surface area contributed by atoms with Crippen LogP contribution in [0.5, 0.6) is 0 Å². The van der Waals surface area contributed by atoms with Gasteiger partial charge in [0.2, 0.25) is 0 Å². The summed E-state index contributed by atoms with van der Waals surface area (Å²) in [6.45, 7) is 13.8. The highest BCUT2D eigenvalue weighted by Crippen LogP contribution is 2.27. The van der Waals surface area contributed by atoms with Gasteiger partial charge >= 0.3 is 5.97 Å². The van der Waals surface area contributed by atoms with Crippen LogP contribution in [0.25, 0.3) is 0 Å². The zero-order valence-electron chi connectivity index (χ0n) is 13.3. The quantitative estimate of drug-likeness (QED) is 0.749. The fraction of sp³-hybridized carbons (Fsp3) is 0.933. The first-order chi connectivity index (χ1) is 8.84. The van der Waals surface area contributed by atoms with Gasteiger partial charge < -0.3 is 15.0 Å². The Hall–Kier alpha value is -0.610. The maximum absolute atomic E-state index is 12.0. The second kappa shape index (κ2) is 6.71. The van der Waals surface area contributed by atoms with Crippen LogP contribution in [0.2, 0.25) is 0 Å². The highest BCUT2D eigenvalue weighted by Gasteiger charge is 2.38. The van der Waals surface area contributed by atoms with E-state index in [1.54, 1.807) is 0 Å². The van der Waals surface area contributed by atoms with Crippen LogP contribution in [-0.2, 0) is 9.53 Å². The second-order valence-corrected chi connectivity index (χ2v) is 6.32. The maximum Gasteiger partial charge on any atom is 0.325 e. The van der Waals surface area contributed by atoms with Gasteiger partial charge in [-0.05, 0) is 38.6 Å². The van der Waals surface area contributed by atoms with Crippen molar-refractivity contribution < 1.29 is 9.53 Å². The number of esters is 1. The minimum Gasteiger partial charge on any atom is -0.468 e. The molecule has 1 heterocycles. The van der Waals surface area contributed by atoms with Crippen molar-refractivity contribution in [2.24, 2.45) is 11.8 Å². The first kappa shape index (κ1) is 16.4. The molecule has 0 radical (unpaired) electrons. The Kier molecular flexibility index (Phi) is 5.81. The van der Waals surface area contributed by atoms with Crippen molar-refractivity contribution in [3.63, 3.8) is 0 Å². The summed E-state index contributed by atoms with van der Waals surface area (Å²) in [6, 6.07) is 0.385. The fourth-order valence-electron chi connectivity index (χ4n) is 3.10. The van der Waals surface area contributed by atoms with Crippen molar-refractivity contribution in [3.05, 3.63) is 0 Å². The minimum atomic E-state index is -0.585. The summed E-state index contributed by atoms with van der Waals surface area (Å²) in [5.74, 6) is 1.32. The third-order valence-electron chi connectivity index (χ3n) is 4.55.